The Bertz CT molecular complexity index is 283. The Morgan fingerprint density at radius 3 is 2.64 bits per heavy atom. The molecule has 0 radical (unpaired) electrons. The first-order chi connectivity index (χ1) is 6.85. The van der Waals surface area contributed by atoms with Crippen molar-refractivity contribution in [1.29, 1.82) is 0 Å². The highest BCUT2D eigenvalue weighted by Gasteiger charge is 2.25. The highest BCUT2D eigenvalue weighted by atomic mass is 15.3. The van der Waals surface area contributed by atoms with Crippen molar-refractivity contribution in [1.82, 2.24) is 20.6 Å². The van der Waals surface area contributed by atoms with Crippen molar-refractivity contribution < 1.29 is 0 Å². The number of anilines is 2. The Kier molecular flexibility index (Phi) is 2.47. The van der Waals surface area contributed by atoms with Crippen LogP contribution in [0.15, 0.2) is 12.5 Å². The average Bonchev–Trinajstić information content (AvgIpc) is 2.27. The molecule has 2 unspecified atom stereocenters. The van der Waals surface area contributed by atoms with Crippen LogP contribution in [0.3, 0.4) is 0 Å². The molecule has 1 aromatic rings. The second-order valence-electron chi connectivity index (χ2n) is 3.11. The third-order valence-corrected chi connectivity index (χ3v) is 2.27. The number of nitrogens with zero attached hydrogens (tertiary/aromatic N) is 2. The van der Waals surface area contributed by atoms with Crippen LogP contribution in [0, 0.1) is 0 Å². The summed E-state index contributed by atoms with van der Waals surface area (Å²) in [5.41, 5.74) is 0.915. The predicted molar refractivity (Wildman–Crippen MR) is 55.0 cm³/mol. The van der Waals surface area contributed by atoms with Crippen LogP contribution >= 0.6 is 0 Å². The normalized spacial score (nSPS) is 24.7. The Morgan fingerprint density at radius 2 is 1.93 bits per heavy atom. The van der Waals surface area contributed by atoms with Gasteiger partial charge in [-0.3, -0.25) is 10.6 Å². The molecule has 2 heterocycles. The van der Waals surface area contributed by atoms with Crippen molar-refractivity contribution in [3.05, 3.63) is 12.5 Å². The molecule has 2 atom stereocenters. The van der Waals surface area contributed by atoms with E-state index in [0.29, 0.717) is 0 Å². The van der Waals surface area contributed by atoms with Gasteiger partial charge in [0.1, 0.15) is 18.7 Å². The molecule has 0 amide bonds. The van der Waals surface area contributed by atoms with Crippen molar-refractivity contribution in [3.63, 3.8) is 0 Å². The monoisotopic (exact) mass is 194 g/mol. The van der Waals surface area contributed by atoms with Crippen LogP contribution in [0.1, 0.15) is 0 Å². The zero-order chi connectivity index (χ0) is 9.97. The lowest BCUT2D eigenvalue weighted by Gasteiger charge is -2.34. The van der Waals surface area contributed by atoms with Crippen molar-refractivity contribution in [2.75, 3.05) is 24.7 Å². The lowest BCUT2D eigenvalue weighted by atomic mass is 10.2. The van der Waals surface area contributed by atoms with Crippen LogP contribution in [0.2, 0.25) is 0 Å². The molecule has 6 heteroatoms. The smallest absolute Gasteiger partial charge is 0.154 e. The average molecular weight is 194 g/mol. The van der Waals surface area contributed by atoms with Crippen molar-refractivity contribution >= 4 is 11.5 Å². The standard InChI is InChI=1S/C8H14N6/c1-9-7-8(10-2)14-6-5(13-7)3-11-4-12-6/h3-4,7-10,13H,1-2H3,(H,11,12,14). The molecule has 14 heavy (non-hydrogen) atoms. The quantitative estimate of drug-likeness (QED) is 0.504. The molecule has 0 aliphatic carbocycles. The summed E-state index contributed by atoms with van der Waals surface area (Å²) in [5.74, 6) is 0.825. The zero-order valence-electron chi connectivity index (χ0n) is 8.20. The molecule has 0 spiro atoms. The van der Waals surface area contributed by atoms with Crippen LogP contribution < -0.4 is 21.3 Å². The van der Waals surface area contributed by atoms with Gasteiger partial charge in [0.2, 0.25) is 0 Å². The van der Waals surface area contributed by atoms with Gasteiger partial charge in [0.15, 0.2) is 5.82 Å². The zero-order valence-corrected chi connectivity index (χ0v) is 8.20. The first-order valence-corrected chi connectivity index (χ1v) is 4.52. The number of nitrogens with one attached hydrogen (secondary N) is 4. The van der Waals surface area contributed by atoms with Gasteiger partial charge in [-0.25, -0.2) is 9.97 Å². The molecule has 0 fully saturated rings. The molecule has 1 aliphatic rings. The SMILES string of the molecule is CNC1Nc2cncnc2NC1NC. The Labute approximate surface area is 82.5 Å². The molecule has 2 rings (SSSR count). The summed E-state index contributed by atoms with van der Waals surface area (Å²) < 4.78 is 0. The topological polar surface area (TPSA) is 73.9 Å². The van der Waals surface area contributed by atoms with E-state index >= 15 is 0 Å². The molecule has 0 saturated heterocycles. The Hall–Kier alpha value is -1.40. The number of likely N-dealkylation sites (N-methyl/N-ethyl adjacent to an activating group) is 2. The molecule has 4 N–H and O–H groups in total. The molecule has 6 nitrogen and oxygen atoms in total. The minimum Gasteiger partial charge on any atom is -0.363 e. The highest BCUT2D eigenvalue weighted by Crippen LogP contribution is 2.22. The van der Waals surface area contributed by atoms with E-state index in [2.05, 4.69) is 31.2 Å². The van der Waals surface area contributed by atoms with E-state index in [4.69, 9.17) is 0 Å². The summed E-state index contributed by atoms with van der Waals surface area (Å²) in [4.78, 5) is 8.09. The van der Waals surface area contributed by atoms with Gasteiger partial charge >= 0.3 is 0 Å². The molecule has 1 aromatic heterocycles. The predicted octanol–water partition coefficient (Wildman–Crippen LogP) is -0.595. The fourth-order valence-electron chi connectivity index (χ4n) is 1.51. The molecule has 0 aromatic carbocycles. The van der Waals surface area contributed by atoms with E-state index < -0.39 is 0 Å². The van der Waals surface area contributed by atoms with E-state index in [0.717, 1.165) is 11.5 Å². The maximum Gasteiger partial charge on any atom is 0.154 e. The van der Waals surface area contributed by atoms with Crippen LogP contribution in [-0.2, 0) is 0 Å². The maximum absolute atomic E-state index is 4.13. The van der Waals surface area contributed by atoms with Gasteiger partial charge in [0, 0.05) is 0 Å². The number of aromatic nitrogens is 2. The summed E-state index contributed by atoms with van der Waals surface area (Å²) in [6.45, 7) is 0. The third-order valence-electron chi connectivity index (χ3n) is 2.27. The van der Waals surface area contributed by atoms with Crippen molar-refractivity contribution in [2.45, 2.75) is 12.3 Å². The van der Waals surface area contributed by atoms with E-state index in [1.807, 2.05) is 14.1 Å². The molecular formula is C8H14N6. The summed E-state index contributed by atoms with van der Waals surface area (Å²) in [6.07, 6.45) is 3.52. The number of hydrogen-bond donors (Lipinski definition) is 4. The fraction of sp³-hybridized carbons (Fsp3) is 0.500. The van der Waals surface area contributed by atoms with Gasteiger partial charge in [0.25, 0.3) is 0 Å². The molecule has 76 valence electrons. The van der Waals surface area contributed by atoms with Gasteiger partial charge in [0.05, 0.1) is 11.9 Å². The van der Waals surface area contributed by atoms with Crippen LogP contribution in [0.5, 0.6) is 0 Å². The summed E-state index contributed by atoms with van der Waals surface area (Å²) in [7, 11) is 3.80. The second kappa shape index (κ2) is 3.77. The minimum absolute atomic E-state index is 0.113. The lowest BCUT2D eigenvalue weighted by Crippen LogP contribution is -2.56. The number of rotatable bonds is 2. The first-order valence-electron chi connectivity index (χ1n) is 4.52. The van der Waals surface area contributed by atoms with Gasteiger partial charge < -0.3 is 10.6 Å². The minimum atomic E-state index is 0.113. The summed E-state index contributed by atoms with van der Waals surface area (Å²) in [5, 5.41) is 12.9. The Morgan fingerprint density at radius 1 is 1.21 bits per heavy atom. The van der Waals surface area contributed by atoms with E-state index in [1.54, 1.807) is 6.20 Å². The molecule has 1 aliphatic heterocycles. The van der Waals surface area contributed by atoms with Crippen LogP contribution in [0.25, 0.3) is 0 Å². The first kappa shape index (κ1) is 9.17. The van der Waals surface area contributed by atoms with Crippen LogP contribution in [0.4, 0.5) is 11.5 Å². The van der Waals surface area contributed by atoms with Gasteiger partial charge in [-0.2, -0.15) is 0 Å². The highest BCUT2D eigenvalue weighted by molar-refractivity contribution is 5.66. The lowest BCUT2D eigenvalue weighted by molar-refractivity contribution is 0.470. The molecule has 0 saturated carbocycles. The maximum atomic E-state index is 4.13. The van der Waals surface area contributed by atoms with Crippen LogP contribution in [-0.4, -0.2) is 36.4 Å². The number of hydrogen-bond acceptors (Lipinski definition) is 6. The molecule has 0 bridgehead atoms. The van der Waals surface area contributed by atoms with E-state index in [-0.39, 0.29) is 12.3 Å². The van der Waals surface area contributed by atoms with Gasteiger partial charge in [-0.05, 0) is 14.1 Å². The van der Waals surface area contributed by atoms with Crippen molar-refractivity contribution in [2.24, 2.45) is 0 Å². The van der Waals surface area contributed by atoms with Gasteiger partial charge in [-0.1, -0.05) is 0 Å². The van der Waals surface area contributed by atoms with E-state index in [9.17, 15) is 0 Å². The fourth-order valence-corrected chi connectivity index (χ4v) is 1.51. The Balaban J connectivity index is 2.25. The van der Waals surface area contributed by atoms with Crippen molar-refractivity contribution in [3.8, 4) is 0 Å². The number of fused-ring (bicyclic) bond motifs is 1. The largest absolute Gasteiger partial charge is 0.363 e. The summed E-state index contributed by atoms with van der Waals surface area (Å²) >= 11 is 0. The summed E-state index contributed by atoms with van der Waals surface area (Å²) in [6, 6.07) is 0. The molecular weight excluding hydrogens is 180 g/mol. The third kappa shape index (κ3) is 1.49. The van der Waals surface area contributed by atoms with E-state index in [1.165, 1.54) is 6.33 Å². The van der Waals surface area contributed by atoms with Gasteiger partial charge in [-0.15, -0.1) is 0 Å². The second-order valence-corrected chi connectivity index (χ2v) is 3.11.